The zero-order chi connectivity index (χ0) is 14.4. The molecule has 1 heterocycles. The third-order valence-corrected chi connectivity index (χ3v) is 3.93. The van der Waals surface area contributed by atoms with E-state index >= 15 is 0 Å². The average molecular weight is 277 g/mol. The van der Waals surface area contributed by atoms with Crippen molar-refractivity contribution in [2.75, 3.05) is 19.0 Å². The molecule has 4 heteroatoms. The van der Waals surface area contributed by atoms with Crippen molar-refractivity contribution >= 4 is 5.82 Å². The van der Waals surface area contributed by atoms with Crippen LogP contribution in [-0.2, 0) is 0 Å². The maximum absolute atomic E-state index is 5.93. The highest BCUT2D eigenvalue weighted by Gasteiger charge is 2.27. The highest BCUT2D eigenvalue weighted by Crippen LogP contribution is 2.39. The van der Waals surface area contributed by atoms with Crippen molar-refractivity contribution in [3.8, 4) is 5.88 Å². The number of hydrogen-bond donors (Lipinski definition) is 1. The molecule has 1 N–H and O–H groups in total. The molecule has 1 aliphatic carbocycles. The Bertz CT molecular complexity index is 418. The van der Waals surface area contributed by atoms with Gasteiger partial charge in [0.2, 0.25) is 5.88 Å². The number of nitrogens with one attached hydrogen (secondary N) is 1. The lowest BCUT2D eigenvalue weighted by molar-refractivity contribution is 0.225. The molecule has 0 saturated heterocycles. The van der Waals surface area contributed by atoms with Crippen LogP contribution in [0.3, 0.4) is 0 Å². The smallest absolute Gasteiger partial charge is 0.218 e. The van der Waals surface area contributed by atoms with E-state index in [0.717, 1.165) is 24.1 Å². The van der Waals surface area contributed by atoms with Gasteiger partial charge in [-0.2, -0.15) is 4.98 Å². The molecule has 1 fully saturated rings. The largest absolute Gasteiger partial charge is 0.477 e. The van der Waals surface area contributed by atoms with Crippen LogP contribution in [0.25, 0.3) is 0 Å². The maximum atomic E-state index is 5.93. The Morgan fingerprint density at radius 3 is 2.75 bits per heavy atom. The van der Waals surface area contributed by atoms with Crippen LogP contribution < -0.4 is 10.1 Å². The summed E-state index contributed by atoms with van der Waals surface area (Å²) in [5.74, 6) is 3.70. The average Bonchev–Trinajstić information content (AvgIpc) is 3.32. The highest BCUT2D eigenvalue weighted by atomic mass is 16.5. The second-order valence-electron chi connectivity index (χ2n) is 5.70. The molecular weight excluding hydrogens is 250 g/mol. The first-order valence-corrected chi connectivity index (χ1v) is 7.96. The molecule has 112 valence electrons. The van der Waals surface area contributed by atoms with Gasteiger partial charge in [0.25, 0.3) is 0 Å². The van der Waals surface area contributed by atoms with E-state index in [9.17, 15) is 0 Å². The van der Waals surface area contributed by atoms with E-state index in [4.69, 9.17) is 4.74 Å². The summed E-state index contributed by atoms with van der Waals surface area (Å²) in [6.07, 6.45) is 7.35. The molecule has 0 amide bonds. The molecule has 1 atom stereocenters. The van der Waals surface area contributed by atoms with Gasteiger partial charge in [0.1, 0.15) is 11.6 Å². The SMILES string of the molecule is CCCCC(CC)COc1cc(NC)nc(C2CC2)n1. The Hall–Kier alpha value is -1.32. The lowest BCUT2D eigenvalue weighted by atomic mass is 10.0. The Labute approximate surface area is 122 Å². The number of nitrogens with zero attached hydrogens (tertiary/aromatic N) is 2. The molecule has 20 heavy (non-hydrogen) atoms. The molecule has 1 aromatic rings. The second-order valence-corrected chi connectivity index (χ2v) is 5.70. The van der Waals surface area contributed by atoms with E-state index in [-0.39, 0.29) is 0 Å². The van der Waals surface area contributed by atoms with Gasteiger partial charge in [-0.1, -0.05) is 33.1 Å². The third-order valence-electron chi connectivity index (χ3n) is 3.93. The minimum Gasteiger partial charge on any atom is -0.477 e. The number of anilines is 1. The summed E-state index contributed by atoms with van der Waals surface area (Å²) in [5, 5.41) is 3.10. The number of hydrogen-bond acceptors (Lipinski definition) is 4. The molecule has 1 aromatic heterocycles. The third kappa shape index (κ3) is 4.36. The zero-order valence-electron chi connectivity index (χ0n) is 13.0. The molecule has 0 radical (unpaired) electrons. The van der Waals surface area contributed by atoms with Crippen LogP contribution in [0.2, 0.25) is 0 Å². The van der Waals surface area contributed by atoms with Crippen LogP contribution in [0.1, 0.15) is 64.1 Å². The molecule has 0 aromatic carbocycles. The monoisotopic (exact) mass is 277 g/mol. The maximum Gasteiger partial charge on any atom is 0.218 e. The molecule has 4 nitrogen and oxygen atoms in total. The van der Waals surface area contributed by atoms with Gasteiger partial charge >= 0.3 is 0 Å². The fraction of sp³-hybridized carbons (Fsp3) is 0.750. The van der Waals surface area contributed by atoms with E-state index in [1.165, 1.54) is 38.5 Å². The van der Waals surface area contributed by atoms with Crippen molar-refractivity contribution in [3.63, 3.8) is 0 Å². The Balaban J connectivity index is 1.95. The van der Waals surface area contributed by atoms with Gasteiger partial charge in [0.15, 0.2) is 0 Å². The first-order chi connectivity index (χ1) is 9.76. The highest BCUT2D eigenvalue weighted by molar-refractivity contribution is 5.38. The molecular formula is C16H27N3O. The number of rotatable bonds is 9. The van der Waals surface area contributed by atoms with E-state index < -0.39 is 0 Å². The molecule has 0 spiro atoms. The minimum absolute atomic E-state index is 0.549. The summed E-state index contributed by atoms with van der Waals surface area (Å²) >= 11 is 0. The van der Waals surface area contributed by atoms with Crippen LogP contribution in [0.15, 0.2) is 6.07 Å². The summed E-state index contributed by atoms with van der Waals surface area (Å²) in [5.41, 5.74) is 0. The van der Waals surface area contributed by atoms with Gasteiger partial charge in [-0.05, 0) is 25.2 Å². The fourth-order valence-corrected chi connectivity index (χ4v) is 2.27. The molecule has 0 aliphatic heterocycles. The van der Waals surface area contributed by atoms with Gasteiger partial charge in [0, 0.05) is 19.0 Å². The van der Waals surface area contributed by atoms with Crippen LogP contribution in [0.4, 0.5) is 5.82 Å². The van der Waals surface area contributed by atoms with Crippen LogP contribution in [0.5, 0.6) is 5.88 Å². The first-order valence-electron chi connectivity index (χ1n) is 7.96. The molecule has 1 aliphatic rings. The number of ether oxygens (including phenoxy) is 1. The van der Waals surface area contributed by atoms with Crippen molar-refractivity contribution in [1.82, 2.24) is 9.97 Å². The van der Waals surface area contributed by atoms with E-state index in [0.29, 0.717) is 11.8 Å². The second kappa shape index (κ2) is 7.46. The zero-order valence-corrected chi connectivity index (χ0v) is 13.0. The van der Waals surface area contributed by atoms with Crippen molar-refractivity contribution in [2.45, 2.75) is 58.3 Å². The topological polar surface area (TPSA) is 47.0 Å². The van der Waals surface area contributed by atoms with E-state index in [1.54, 1.807) is 0 Å². The van der Waals surface area contributed by atoms with Crippen molar-refractivity contribution in [1.29, 1.82) is 0 Å². The predicted molar refractivity (Wildman–Crippen MR) is 82.4 cm³/mol. The van der Waals surface area contributed by atoms with Crippen molar-refractivity contribution in [2.24, 2.45) is 5.92 Å². The summed E-state index contributed by atoms with van der Waals surface area (Å²) in [6, 6.07) is 1.90. The number of aromatic nitrogens is 2. The first kappa shape index (κ1) is 15.1. The number of unbranched alkanes of at least 4 members (excludes halogenated alkanes) is 1. The lowest BCUT2D eigenvalue weighted by Crippen LogP contribution is -2.13. The molecule has 1 saturated carbocycles. The molecule has 1 unspecified atom stereocenters. The van der Waals surface area contributed by atoms with Gasteiger partial charge < -0.3 is 10.1 Å². The summed E-state index contributed by atoms with van der Waals surface area (Å²) in [4.78, 5) is 9.07. The molecule has 2 rings (SSSR count). The lowest BCUT2D eigenvalue weighted by Gasteiger charge is -2.15. The normalized spacial score (nSPS) is 15.9. The Morgan fingerprint density at radius 2 is 2.15 bits per heavy atom. The standard InChI is InChI=1S/C16H27N3O/c1-4-6-7-12(5-2)11-20-15-10-14(17-3)18-16(19-15)13-8-9-13/h10,12-13H,4-9,11H2,1-3H3,(H,17,18,19). The molecule has 0 bridgehead atoms. The minimum atomic E-state index is 0.549. The van der Waals surface area contributed by atoms with Gasteiger partial charge in [0.05, 0.1) is 6.61 Å². The fourth-order valence-electron chi connectivity index (χ4n) is 2.27. The summed E-state index contributed by atoms with van der Waals surface area (Å²) in [7, 11) is 1.89. The van der Waals surface area contributed by atoms with Crippen LogP contribution in [0, 0.1) is 5.92 Å². The van der Waals surface area contributed by atoms with Gasteiger partial charge in [-0.3, -0.25) is 0 Å². The van der Waals surface area contributed by atoms with Crippen LogP contribution >= 0.6 is 0 Å². The van der Waals surface area contributed by atoms with Crippen molar-refractivity contribution in [3.05, 3.63) is 11.9 Å². The van der Waals surface area contributed by atoms with Gasteiger partial charge in [-0.15, -0.1) is 0 Å². The summed E-state index contributed by atoms with van der Waals surface area (Å²) < 4.78 is 5.93. The Morgan fingerprint density at radius 1 is 1.35 bits per heavy atom. The van der Waals surface area contributed by atoms with E-state index in [2.05, 4.69) is 29.1 Å². The summed E-state index contributed by atoms with van der Waals surface area (Å²) in [6.45, 7) is 5.23. The quantitative estimate of drug-likeness (QED) is 0.741. The predicted octanol–water partition coefficient (Wildman–Crippen LogP) is 3.99. The Kier molecular flexibility index (Phi) is 5.62. The van der Waals surface area contributed by atoms with Gasteiger partial charge in [-0.25, -0.2) is 4.98 Å². The van der Waals surface area contributed by atoms with Crippen LogP contribution in [-0.4, -0.2) is 23.6 Å². The van der Waals surface area contributed by atoms with E-state index in [1.807, 2.05) is 13.1 Å². The van der Waals surface area contributed by atoms with Crippen molar-refractivity contribution < 1.29 is 4.74 Å².